The van der Waals surface area contributed by atoms with Gasteiger partial charge in [-0.1, -0.05) is 24.2 Å². The van der Waals surface area contributed by atoms with Gasteiger partial charge in [0.2, 0.25) is 11.7 Å². The maximum absolute atomic E-state index is 13.8. The van der Waals surface area contributed by atoms with Crippen molar-refractivity contribution in [1.29, 1.82) is 0 Å². The van der Waals surface area contributed by atoms with E-state index in [1.54, 1.807) is 13.0 Å². The highest BCUT2D eigenvalue weighted by Crippen LogP contribution is 2.20. The summed E-state index contributed by atoms with van der Waals surface area (Å²) < 4.78 is 24.7. The van der Waals surface area contributed by atoms with Gasteiger partial charge < -0.3 is 9.26 Å². The van der Waals surface area contributed by atoms with E-state index in [1.165, 1.54) is 6.07 Å². The Bertz CT molecular complexity index is 737. The second-order valence-corrected chi connectivity index (χ2v) is 7.01. The molecule has 2 aromatic rings. The van der Waals surface area contributed by atoms with Crippen LogP contribution in [0.4, 0.5) is 4.39 Å². The summed E-state index contributed by atoms with van der Waals surface area (Å²) in [6.07, 6.45) is 1.10. The van der Waals surface area contributed by atoms with Crippen LogP contribution in [-0.4, -0.2) is 65.4 Å². The largest absolute Gasteiger partial charge is 0.380 e. The Morgan fingerprint density at radius 2 is 2.15 bits per heavy atom. The van der Waals surface area contributed by atoms with Crippen molar-refractivity contribution in [2.45, 2.75) is 39.8 Å². The first-order valence-corrected chi connectivity index (χ1v) is 9.74. The van der Waals surface area contributed by atoms with E-state index in [9.17, 15) is 4.39 Å². The first kappa shape index (κ1) is 19.9. The second-order valence-electron chi connectivity index (χ2n) is 7.01. The average molecular weight is 376 g/mol. The summed E-state index contributed by atoms with van der Waals surface area (Å²) in [4.78, 5) is 9.30. The third-order valence-corrected chi connectivity index (χ3v) is 5.14. The number of rotatable bonds is 8. The number of piperazine rings is 1. The highest BCUT2D eigenvalue weighted by atomic mass is 19.1. The third kappa shape index (κ3) is 5.12. The normalized spacial score (nSPS) is 18.9. The van der Waals surface area contributed by atoms with Crippen LogP contribution in [0.1, 0.15) is 31.7 Å². The monoisotopic (exact) mass is 376 g/mol. The lowest BCUT2D eigenvalue weighted by Crippen LogP contribution is -2.53. The molecule has 1 aliphatic heterocycles. The standard InChI is InChI=1S/C20H29FN4O2/c1-4-17-13-24(8-9-25(17)10-11-26-5-2)14-19-22-20(23-27-19)16-7-6-15(3)18(21)12-16/h6-7,12,17H,4-5,8-11,13-14H2,1-3H3. The topological polar surface area (TPSA) is 54.6 Å². The molecule has 7 heteroatoms. The summed E-state index contributed by atoms with van der Waals surface area (Å²) in [6.45, 7) is 12.1. The van der Waals surface area contributed by atoms with Gasteiger partial charge in [0.25, 0.3) is 0 Å². The molecule has 1 saturated heterocycles. The van der Waals surface area contributed by atoms with Crippen LogP contribution < -0.4 is 0 Å². The number of hydrogen-bond acceptors (Lipinski definition) is 6. The Morgan fingerprint density at radius 3 is 2.89 bits per heavy atom. The molecule has 0 aliphatic carbocycles. The molecule has 1 aliphatic rings. The summed E-state index contributed by atoms with van der Waals surface area (Å²) in [5.41, 5.74) is 1.25. The number of aromatic nitrogens is 2. The van der Waals surface area contributed by atoms with Gasteiger partial charge in [-0.3, -0.25) is 9.80 Å². The van der Waals surface area contributed by atoms with E-state index >= 15 is 0 Å². The average Bonchev–Trinajstić information content (AvgIpc) is 3.13. The van der Waals surface area contributed by atoms with E-state index in [2.05, 4.69) is 26.9 Å². The molecule has 0 radical (unpaired) electrons. The van der Waals surface area contributed by atoms with E-state index in [0.717, 1.165) is 45.8 Å². The lowest BCUT2D eigenvalue weighted by Gasteiger charge is -2.40. The van der Waals surface area contributed by atoms with Crippen molar-refractivity contribution in [3.8, 4) is 11.4 Å². The molecular formula is C20H29FN4O2. The summed E-state index contributed by atoms with van der Waals surface area (Å²) in [5, 5.41) is 4.02. The lowest BCUT2D eigenvalue weighted by atomic mass is 10.1. The highest BCUT2D eigenvalue weighted by molar-refractivity contribution is 5.54. The van der Waals surface area contributed by atoms with Gasteiger partial charge in [-0.2, -0.15) is 4.98 Å². The zero-order chi connectivity index (χ0) is 19.2. The minimum Gasteiger partial charge on any atom is -0.380 e. The fraction of sp³-hybridized carbons (Fsp3) is 0.600. The molecule has 3 rings (SSSR count). The van der Waals surface area contributed by atoms with Crippen LogP contribution >= 0.6 is 0 Å². The third-order valence-electron chi connectivity index (χ3n) is 5.14. The molecule has 0 N–H and O–H groups in total. The number of halogens is 1. The van der Waals surface area contributed by atoms with E-state index in [-0.39, 0.29) is 5.82 Å². The van der Waals surface area contributed by atoms with E-state index < -0.39 is 0 Å². The summed E-state index contributed by atoms with van der Waals surface area (Å²) in [6, 6.07) is 5.51. The van der Waals surface area contributed by atoms with Crippen LogP contribution in [-0.2, 0) is 11.3 Å². The highest BCUT2D eigenvalue weighted by Gasteiger charge is 2.26. The van der Waals surface area contributed by atoms with Gasteiger partial charge in [-0.15, -0.1) is 0 Å². The number of ether oxygens (including phenoxy) is 1. The van der Waals surface area contributed by atoms with Gasteiger partial charge in [0, 0.05) is 44.4 Å². The SMILES string of the molecule is CCOCCN1CCN(Cc2nc(-c3ccc(C)c(F)c3)no2)CC1CC. The summed E-state index contributed by atoms with van der Waals surface area (Å²) >= 11 is 0. The van der Waals surface area contributed by atoms with Gasteiger partial charge in [0.1, 0.15) is 5.82 Å². The second kappa shape index (κ2) is 9.39. The van der Waals surface area contributed by atoms with E-state index in [0.29, 0.717) is 35.4 Å². The van der Waals surface area contributed by atoms with Gasteiger partial charge in [0.15, 0.2) is 0 Å². The maximum Gasteiger partial charge on any atom is 0.241 e. The van der Waals surface area contributed by atoms with E-state index in [1.807, 2.05) is 13.0 Å². The number of aryl methyl sites for hydroxylation is 1. The number of nitrogens with zero attached hydrogens (tertiary/aromatic N) is 4. The minimum absolute atomic E-state index is 0.257. The molecule has 6 nitrogen and oxygen atoms in total. The van der Waals surface area contributed by atoms with Gasteiger partial charge in [-0.25, -0.2) is 4.39 Å². The molecule has 0 amide bonds. The van der Waals surface area contributed by atoms with Gasteiger partial charge in [-0.05, 0) is 31.9 Å². The Kier molecular flexibility index (Phi) is 6.93. The molecule has 2 heterocycles. The smallest absolute Gasteiger partial charge is 0.241 e. The first-order chi connectivity index (χ1) is 13.1. The molecule has 148 valence electrons. The molecule has 1 unspecified atom stereocenters. The Labute approximate surface area is 160 Å². The fourth-order valence-electron chi connectivity index (χ4n) is 3.47. The van der Waals surface area contributed by atoms with Crippen molar-refractivity contribution in [3.05, 3.63) is 35.5 Å². The molecule has 1 aromatic carbocycles. The number of benzene rings is 1. The molecular weight excluding hydrogens is 347 g/mol. The number of hydrogen-bond donors (Lipinski definition) is 0. The molecule has 1 aromatic heterocycles. The fourth-order valence-corrected chi connectivity index (χ4v) is 3.47. The van der Waals surface area contributed by atoms with Crippen molar-refractivity contribution in [3.63, 3.8) is 0 Å². The van der Waals surface area contributed by atoms with Crippen LogP contribution in [0.25, 0.3) is 11.4 Å². The Balaban J connectivity index is 1.58. The quantitative estimate of drug-likeness (QED) is 0.660. The lowest BCUT2D eigenvalue weighted by molar-refractivity contribution is 0.0350. The summed E-state index contributed by atoms with van der Waals surface area (Å²) in [5.74, 6) is 0.753. The van der Waals surface area contributed by atoms with Crippen LogP contribution in [0.3, 0.4) is 0 Å². The zero-order valence-electron chi connectivity index (χ0n) is 16.4. The van der Waals surface area contributed by atoms with Crippen LogP contribution in [0.5, 0.6) is 0 Å². The summed E-state index contributed by atoms with van der Waals surface area (Å²) in [7, 11) is 0. The van der Waals surface area contributed by atoms with Crippen molar-refractivity contribution in [2.75, 3.05) is 39.4 Å². The predicted octanol–water partition coefficient (Wildman–Crippen LogP) is 3.12. The van der Waals surface area contributed by atoms with E-state index in [4.69, 9.17) is 9.26 Å². The Hall–Kier alpha value is -1.83. The predicted molar refractivity (Wildman–Crippen MR) is 102 cm³/mol. The van der Waals surface area contributed by atoms with Crippen LogP contribution in [0.15, 0.2) is 22.7 Å². The van der Waals surface area contributed by atoms with Crippen LogP contribution in [0.2, 0.25) is 0 Å². The molecule has 27 heavy (non-hydrogen) atoms. The maximum atomic E-state index is 13.8. The molecule has 0 spiro atoms. The molecule has 0 saturated carbocycles. The molecule has 0 bridgehead atoms. The first-order valence-electron chi connectivity index (χ1n) is 9.74. The zero-order valence-corrected chi connectivity index (χ0v) is 16.4. The van der Waals surface area contributed by atoms with Gasteiger partial charge >= 0.3 is 0 Å². The van der Waals surface area contributed by atoms with Gasteiger partial charge in [0.05, 0.1) is 13.2 Å². The molecule has 1 atom stereocenters. The van der Waals surface area contributed by atoms with Crippen molar-refractivity contribution in [1.82, 2.24) is 19.9 Å². The molecule has 1 fully saturated rings. The Morgan fingerprint density at radius 1 is 1.30 bits per heavy atom. The van der Waals surface area contributed by atoms with Crippen LogP contribution in [0, 0.1) is 12.7 Å². The minimum atomic E-state index is -0.257. The van der Waals surface area contributed by atoms with Crippen molar-refractivity contribution in [2.24, 2.45) is 0 Å². The van der Waals surface area contributed by atoms with Crippen molar-refractivity contribution >= 4 is 0 Å². The van der Waals surface area contributed by atoms with Crippen molar-refractivity contribution < 1.29 is 13.7 Å².